The molecule has 0 atom stereocenters. The first-order chi connectivity index (χ1) is 13.8. The average molecular weight is 377 g/mol. The number of hydrogen-bond acceptors (Lipinski definition) is 3. The molecule has 28 heavy (non-hydrogen) atoms. The van der Waals surface area contributed by atoms with Crippen molar-refractivity contribution < 1.29 is 4.79 Å². The zero-order chi connectivity index (χ0) is 19.2. The van der Waals surface area contributed by atoms with Crippen molar-refractivity contribution in [1.29, 1.82) is 0 Å². The molecule has 5 heteroatoms. The van der Waals surface area contributed by atoms with Crippen LogP contribution in [0, 0.1) is 5.92 Å². The second kappa shape index (κ2) is 9.02. The van der Waals surface area contributed by atoms with Crippen LogP contribution in [0.5, 0.6) is 0 Å². The SMILES string of the molecule is O=C(CCC1CCNCC1)NCc1ccc(Cn2cnc3ccccc32)cc1. The van der Waals surface area contributed by atoms with Gasteiger partial charge in [0.1, 0.15) is 0 Å². The van der Waals surface area contributed by atoms with Gasteiger partial charge in [-0.1, -0.05) is 36.4 Å². The van der Waals surface area contributed by atoms with Crippen molar-refractivity contribution in [3.8, 4) is 0 Å². The molecular weight excluding hydrogens is 348 g/mol. The van der Waals surface area contributed by atoms with Gasteiger partial charge in [-0.3, -0.25) is 4.79 Å². The highest BCUT2D eigenvalue weighted by Crippen LogP contribution is 2.18. The largest absolute Gasteiger partial charge is 0.352 e. The second-order valence-electron chi connectivity index (χ2n) is 7.69. The maximum atomic E-state index is 12.1. The molecule has 5 nitrogen and oxygen atoms in total. The fraction of sp³-hybridized carbons (Fsp3) is 0.391. The van der Waals surface area contributed by atoms with Gasteiger partial charge in [-0.05, 0) is 61.5 Å². The summed E-state index contributed by atoms with van der Waals surface area (Å²) >= 11 is 0. The smallest absolute Gasteiger partial charge is 0.220 e. The molecule has 0 bridgehead atoms. The number of nitrogens with one attached hydrogen (secondary N) is 2. The summed E-state index contributed by atoms with van der Waals surface area (Å²) in [5.41, 5.74) is 4.53. The average Bonchev–Trinajstić information content (AvgIpc) is 3.15. The van der Waals surface area contributed by atoms with Crippen molar-refractivity contribution in [3.63, 3.8) is 0 Å². The van der Waals surface area contributed by atoms with E-state index in [-0.39, 0.29) is 5.91 Å². The molecular formula is C23H28N4O. The van der Waals surface area contributed by atoms with E-state index in [1.165, 1.54) is 18.4 Å². The summed E-state index contributed by atoms with van der Waals surface area (Å²) in [7, 11) is 0. The Balaban J connectivity index is 1.25. The van der Waals surface area contributed by atoms with Gasteiger partial charge in [0.25, 0.3) is 0 Å². The number of rotatable bonds is 7. The van der Waals surface area contributed by atoms with E-state index in [0.29, 0.717) is 18.9 Å². The third-order valence-electron chi connectivity index (χ3n) is 5.63. The summed E-state index contributed by atoms with van der Waals surface area (Å²) in [6.45, 7) is 3.57. The number of carbonyl (C=O) groups is 1. The van der Waals surface area contributed by atoms with Crippen molar-refractivity contribution in [2.75, 3.05) is 13.1 Å². The highest BCUT2D eigenvalue weighted by Gasteiger charge is 2.14. The minimum atomic E-state index is 0.160. The molecule has 0 spiro atoms. The Labute approximate surface area is 166 Å². The number of fused-ring (bicyclic) bond motifs is 1. The van der Waals surface area contributed by atoms with Gasteiger partial charge in [0.05, 0.1) is 17.4 Å². The van der Waals surface area contributed by atoms with Crippen LogP contribution in [0.25, 0.3) is 11.0 Å². The summed E-state index contributed by atoms with van der Waals surface area (Å²) in [5, 5.41) is 6.43. The normalized spacial score (nSPS) is 15.0. The molecule has 0 unspecified atom stereocenters. The number of para-hydroxylation sites is 2. The van der Waals surface area contributed by atoms with Crippen molar-refractivity contribution in [3.05, 3.63) is 66.0 Å². The van der Waals surface area contributed by atoms with Crippen LogP contribution in [0.15, 0.2) is 54.9 Å². The molecule has 1 aromatic heterocycles. The molecule has 0 radical (unpaired) electrons. The predicted octanol–water partition coefficient (Wildman–Crippen LogP) is 3.48. The van der Waals surface area contributed by atoms with E-state index in [2.05, 4.69) is 50.5 Å². The lowest BCUT2D eigenvalue weighted by Crippen LogP contribution is -2.29. The number of benzene rings is 2. The molecule has 0 aliphatic carbocycles. The molecule has 3 aromatic rings. The lowest BCUT2D eigenvalue weighted by molar-refractivity contribution is -0.121. The standard InChI is InChI=1S/C23H28N4O/c28-23(10-9-18-11-13-24-14-12-18)25-15-19-5-7-20(8-6-19)16-27-17-26-21-3-1-2-4-22(21)27/h1-8,17-18,24H,9-16H2,(H,25,28). The maximum absolute atomic E-state index is 12.1. The van der Waals surface area contributed by atoms with Crippen molar-refractivity contribution in [2.45, 2.75) is 38.8 Å². The van der Waals surface area contributed by atoms with Crippen molar-refractivity contribution >= 4 is 16.9 Å². The van der Waals surface area contributed by atoms with E-state index in [0.717, 1.165) is 42.7 Å². The molecule has 4 rings (SSSR count). The Bertz CT molecular complexity index is 910. The van der Waals surface area contributed by atoms with E-state index >= 15 is 0 Å². The molecule has 0 saturated carbocycles. The number of nitrogens with zero attached hydrogens (tertiary/aromatic N) is 2. The van der Waals surface area contributed by atoms with Crippen LogP contribution in [0.4, 0.5) is 0 Å². The van der Waals surface area contributed by atoms with Gasteiger partial charge in [0, 0.05) is 19.5 Å². The van der Waals surface area contributed by atoms with Crippen LogP contribution in [0.1, 0.15) is 36.8 Å². The zero-order valence-corrected chi connectivity index (χ0v) is 16.2. The first-order valence-electron chi connectivity index (χ1n) is 10.2. The lowest BCUT2D eigenvalue weighted by atomic mass is 9.93. The van der Waals surface area contributed by atoms with Gasteiger partial charge >= 0.3 is 0 Å². The van der Waals surface area contributed by atoms with Crippen LogP contribution < -0.4 is 10.6 Å². The summed E-state index contributed by atoms with van der Waals surface area (Å²) in [6.07, 6.45) is 5.92. The third kappa shape index (κ3) is 4.78. The Morgan fingerprint density at radius 3 is 2.64 bits per heavy atom. The van der Waals surface area contributed by atoms with Crippen LogP contribution in [0.3, 0.4) is 0 Å². The summed E-state index contributed by atoms with van der Waals surface area (Å²) in [4.78, 5) is 16.6. The van der Waals surface area contributed by atoms with Crippen molar-refractivity contribution in [2.24, 2.45) is 5.92 Å². The van der Waals surface area contributed by atoms with Gasteiger partial charge in [0.2, 0.25) is 5.91 Å². The monoisotopic (exact) mass is 376 g/mol. The molecule has 1 aliphatic heterocycles. The van der Waals surface area contributed by atoms with Gasteiger partial charge in [0.15, 0.2) is 0 Å². The number of carbonyl (C=O) groups excluding carboxylic acids is 1. The molecule has 1 aliphatic rings. The highest BCUT2D eigenvalue weighted by molar-refractivity contribution is 5.76. The molecule has 1 fully saturated rings. The van der Waals surface area contributed by atoms with Crippen molar-refractivity contribution in [1.82, 2.24) is 20.2 Å². The van der Waals surface area contributed by atoms with Gasteiger partial charge in [-0.15, -0.1) is 0 Å². The van der Waals surface area contributed by atoms with E-state index in [1.807, 2.05) is 24.5 Å². The highest BCUT2D eigenvalue weighted by atomic mass is 16.1. The minimum Gasteiger partial charge on any atom is -0.352 e. The number of amides is 1. The van der Waals surface area contributed by atoms with Crippen LogP contribution in [-0.4, -0.2) is 28.5 Å². The van der Waals surface area contributed by atoms with E-state index < -0.39 is 0 Å². The second-order valence-corrected chi connectivity index (χ2v) is 7.69. The predicted molar refractivity (Wildman–Crippen MR) is 112 cm³/mol. The fourth-order valence-corrected chi connectivity index (χ4v) is 3.89. The van der Waals surface area contributed by atoms with Gasteiger partial charge < -0.3 is 15.2 Å². The molecule has 2 N–H and O–H groups in total. The van der Waals surface area contributed by atoms with Crippen LogP contribution >= 0.6 is 0 Å². The Morgan fingerprint density at radius 2 is 1.82 bits per heavy atom. The number of imidazole rings is 1. The number of piperidine rings is 1. The number of hydrogen-bond donors (Lipinski definition) is 2. The number of aromatic nitrogens is 2. The molecule has 146 valence electrons. The first kappa shape index (κ1) is 18.7. The molecule has 1 amide bonds. The van der Waals surface area contributed by atoms with Crippen LogP contribution in [0.2, 0.25) is 0 Å². The fourth-order valence-electron chi connectivity index (χ4n) is 3.89. The molecule has 1 saturated heterocycles. The molecule has 2 aromatic carbocycles. The van der Waals surface area contributed by atoms with Crippen LogP contribution in [-0.2, 0) is 17.9 Å². The molecule has 2 heterocycles. The Kier molecular flexibility index (Phi) is 6.02. The topological polar surface area (TPSA) is 59.0 Å². The Morgan fingerprint density at radius 1 is 1.07 bits per heavy atom. The summed E-state index contributed by atoms with van der Waals surface area (Å²) in [6, 6.07) is 16.6. The zero-order valence-electron chi connectivity index (χ0n) is 16.2. The Hall–Kier alpha value is -2.66. The van der Waals surface area contributed by atoms with E-state index in [4.69, 9.17) is 0 Å². The van der Waals surface area contributed by atoms with E-state index in [9.17, 15) is 4.79 Å². The van der Waals surface area contributed by atoms with E-state index in [1.54, 1.807) is 0 Å². The summed E-state index contributed by atoms with van der Waals surface area (Å²) < 4.78 is 2.16. The first-order valence-corrected chi connectivity index (χ1v) is 10.2. The quantitative estimate of drug-likeness (QED) is 0.664. The van der Waals surface area contributed by atoms with Gasteiger partial charge in [-0.2, -0.15) is 0 Å². The lowest BCUT2D eigenvalue weighted by Gasteiger charge is -2.22. The van der Waals surface area contributed by atoms with Gasteiger partial charge in [-0.25, -0.2) is 4.98 Å². The minimum absolute atomic E-state index is 0.160. The maximum Gasteiger partial charge on any atom is 0.220 e. The third-order valence-corrected chi connectivity index (χ3v) is 5.63. The summed E-state index contributed by atoms with van der Waals surface area (Å²) in [5.74, 6) is 0.859.